The molecule has 5 heteroatoms. The molecule has 1 aliphatic heterocycles. The van der Waals surface area contributed by atoms with Crippen LogP contribution in [0.1, 0.15) is 19.3 Å². The molecule has 2 fully saturated rings. The van der Waals surface area contributed by atoms with Crippen molar-refractivity contribution in [2.24, 2.45) is 5.92 Å². The van der Waals surface area contributed by atoms with E-state index in [2.05, 4.69) is 10.3 Å². The molecule has 0 radical (unpaired) electrons. The number of carbonyl (C=O) groups is 2. The standard InChI is InChI=1S/C16H17N3O2/c20-15-8-11(9-19(15)13-2-3-13)16(21)18-12-1-4-14-10(7-12)5-6-17-14/h1,4-7,11,13,17H,2-3,8-9H2,(H,18,21)/t11-/m0/s1. The van der Waals surface area contributed by atoms with E-state index in [0.717, 1.165) is 29.4 Å². The monoisotopic (exact) mass is 283 g/mol. The maximum atomic E-state index is 12.3. The predicted octanol–water partition coefficient (Wildman–Crippen LogP) is 2.12. The van der Waals surface area contributed by atoms with Crippen LogP contribution in [0.25, 0.3) is 10.9 Å². The average molecular weight is 283 g/mol. The molecule has 5 nitrogen and oxygen atoms in total. The lowest BCUT2D eigenvalue weighted by Crippen LogP contribution is -2.29. The molecule has 1 saturated heterocycles. The zero-order chi connectivity index (χ0) is 14.4. The van der Waals surface area contributed by atoms with Crippen molar-refractivity contribution in [2.45, 2.75) is 25.3 Å². The predicted molar refractivity (Wildman–Crippen MR) is 79.8 cm³/mol. The van der Waals surface area contributed by atoms with Crippen LogP contribution in [0.3, 0.4) is 0 Å². The van der Waals surface area contributed by atoms with Gasteiger partial charge >= 0.3 is 0 Å². The summed E-state index contributed by atoms with van der Waals surface area (Å²) in [4.78, 5) is 29.2. The van der Waals surface area contributed by atoms with Crippen molar-refractivity contribution in [2.75, 3.05) is 11.9 Å². The highest BCUT2D eigenvalue weighted by molar-refractivity contribution is 5.98. The van der Waals surface area contributed by atoms with Crippen LogP contribution < -0.4 is 5.32 Å². The van der Waals surface area contributed by atoms with E-state index in [1.807, 2.05) is 35.4 Å². The van der Waals surface area contributed by atoms with Crippen molar-refractivity contribution >= 4 is 28.4 Å². The molecule has 0 bridgehead atoms. The number of fused-ring (bicyclic) bond motifs is 1. The van der Waals surface area contributed by atoms with Crippen LogP contribution in [0.4, 0.5) is 5.69 Å². The second kappa shape index (κ2) is 4.62. The third kappa shape index (κ3) is 2.28. The first-order valence-electron chi connectivity index (χ1n) is 7.38. The molecule has 2 aromatic rings. The smallest absolute Gasteiger partial charge is 0.229 e. The molecule has 1 aliphatic carbocycles. The van der Waals surface area contributed by atoms with Gasteiger partial charge in [0.2, 0.25) is 11.8 Å². The fourth-order valence-corrected chi connectivity index (χ4v) is 3.02. The number of hydrogen-bond acceptors (Lipinski definition) is 2. The number of H-pyrrole nitrogens is 1. The number of rotatable bonds is 3. The van der Waals surface area contributed by atoms with Gasteiger partial charge in [0.05, 0.1) is 5.92 Å². The third-order valence-electron chi connectivity index (χ3n) is 4.34. The van der Waals surface area contributed by atoms with Gasteiger partial charge < -0.3 is 15.2 Å². The van der Waals surface area contributed by atoms with E-state index < -0.39 is 0 Å². The molecule has 2 amide bonds. The van der Waals surface area contributed by atoms with Crippen LogP contribution in [0.5, 0.6) is 0 Å². The average Bonchev–Trinajstić information content (AvgIpc) is 3.07. The molecule has 1 saturated carbocycles. The SMILES string of the molecule is O=C(Nc1ccc2[nH]ccc2c1)[C@H]1CC(=O)N(C2CC2)C1. The van der Waals surface area contributed by atoms with Gasteiger partial charge in [0.1, 0.15) is 0 Å². The number of likely N-dealkylation sites (tertiary alicyclic amines) is 1. The van der Waals surface area contributed by atoms with Gasteiger partial charge in [-0.05, 0) is 37.1 Å². The van der Waals surface area contributed by atoms with Crippen molar-refractivity contribution in [3.8, 4) is 0 Å². The van der Waals surface area contributed by atoms with E-state index in [1.165, 1.54) is 0 Å². The number of carbonyl (C=O) groups excluding carboxylic acids is 2. The summed E-state index contributed by atoms with van der Waals surface area (Å²) >= 11 is 0. The first-order valence-corrected chi connectivity index (χ1v) is 7.38. The van der Waals surface area contributed by atoms with E-state index in [4.69, 9.17) is 0 Å². The summed E-state index contributed by atoms with van der Waals surface area (Å²) in [5.74, 6) is -0.153. The minimum Gasteiger partial charge on any atom is -0.361 e. The Kier molecular flexibility index (Phi) is 2.74. The molecular weight excluding hydrogens is 266 g/mol. The third-order valence-corrected chi connectivity index (χ3v) is 4.34. The van der Waals surface area contributed by atoms with Gasteiger partial charge in [-0.15, -0.1) is 0 Å². The fourth-order valence-electron chi connectivity index (χ4n) is 3.02. The number of aromatic nitrogens is 1. The summed E-state index contributed by atoms with van der Waals surface area (Å²) in [6.07, 6.45) is 4.39. The Balaban J connectivity index is 1.46. The normalized spacial score (nSPS) is 22.0. The molecule has 1 atom stereocenters. The Bertz CT molecular complexity index is 717. The number of nitrogens with zero attached hydrogens (tertiary/aromatic N) is 1. The second-order valence-corrected chi connectivity index (χ2v) is 5.95. The van der Waals surface area contributed by atoms with Gasteiger partial charge in [-0.2, -0.15) is 0 Å². The molecule has 108 valence electrons. The summed E-state index contributed by atoms with van der Waals surface area (Å²) in [5.41, 5.74) is 1.83. The molecule has 4 rings (SSSR count). The fraction of sp³-hybridized carbons (Fsp3) is 0.375. The number of amides is 2. The lowest BCUT2D eigenvalue weighted by atomic mass is 10.1. The van der Waals surface area contributed by atoms with Crippen molar-refractivity contribution in [3.63, 3.8) is 0 Å². The highest BCUT2D eigenvalue weighted by Crippen LogP contribution is 2.33. The first kappa shape index (κ1) is 12.4. The molecular formula is C16H17N3O2. The number of hydrogen-bond donors (Lipinski definition) is 2. The van der Waals surface area contributed by atoms with Crippen LogP contribution in [0.15, 0.2) is 30.5 Å². The lowest BCUT2D eigenvalue weighted by Gasteiger charge is -2.15. The second-order valence-electron chi connectivity index (χ2n) is 5.95. The Hall–Kier alpha value is -2.30. The molecule has 0 unspecified atom stereocenters. The maximum Gasteiger partial charge on any atom is 0.229 e. The number of anilines is 1. The zero-order valence-electron chi connectivity index (χ0n) is 11.6. The summed E-state index contributed by atoms with van der Waals surface area (Å²) in [5, 5.41) is 4.00. The lowest BCUT2D eigenvalue weighted by molar-refractivity contribution is -0.128. The van der Waals surface area contributed by atoms with Crippen LogP contribution >= 0.6 is 0 Å². The van der Waals surface area contributed by atoms with Crippen molar-refractivity contribution in [1.29, 1.82) is 0 Å². The summed E-state index contributed by atoms with van der Waals surface area (Å²) < 4.78 is 0. The van der Waals surface area contributed by atoms with Gasteiger partial charge in [-0.1, -0.05) is 0 Å². The Morgan fingerprint density at radius 1 is 1.29 bits per heavy atom. The van der Waals surface area contributed by atoms with Crippen molar-refractivity contribution in [1.82, 2.24) is 9.88 Å². The van der Waals surface area contributed by atoms with E-state index in [-0.39, 0.29) is 17.7 Å². The largest absolute Gasteiger partial charge is 0.361 e. The first-order chi connectivity index (χ1) is 10.2. The van der Waals surface area contributed by atoms with Gasteiger partial charge in [-0.25, -0.2) is 0 Å². The Labute approximate surface area is 122 Å². The molecule has 1 aromatic heterocycles. The highest BCUT2D eigenvalue weighted by Gasteiger charge is 2.41. The topological polar surface area (TPSA) is 65.2 Å². The van der Waals surface area contributed by atoms with Crippen LogP contribution in [-0.4, -0.2) is 34.3 Å². The quantitative estimate of drug-likeness (QED) is 0.906. The van der Waals surface area contributed by atoms with Gasteiger partial charge in [-0.3, -0.25) is 9.59 Å². The summed E-state index contributed by atoms with van der Waals surface area (Å²) in [7, 11) is 0. The molecule has 2 heterocycles. The van der Waals surface area contributed by atoms with Gasteiger partial charge in [0, 0.05) is 41.8 Å². The highest BCUT2D eigenvalue weighted by atomic mass is 16.2. The molecule has 0 spiro atoms. The molecule has 2 aliphatic rings. The van der Waals surface area contributed by atoms with E-state index in [1.54, 1.807) is 0 Å². The minimum atomic E-state index is -0.222. The van der Waals surface area contributed by atoms with E-state index in [0.29, 0.717) is 19.0 Å². The Morgan fingerprint density at radius 2 is 2.14 bits per heavy atom. The number of nitrogens with one attached hydrogen (secondary N) is 2. The van der Waals surface area contributed by atoms with Crippen LogP contribution in [-0.2, 0) is 9.59 Å². The van der Waals surface area contributed by atoms with Crippen LogP contribution in [0, 0.1) is 5.92 Å². The van der Waals surface area contributed by atoms with Gasteiger partial charge in [0.15, 0.2) is 0 Å². The zero-order valence-corrected chi connectivity index (χ0v) is 11.6. The van der Waals surface area contributed by atoms with Crippen molar-refractivity contribution in [3.05, 3.63) is 30.5 Å². The molecule has 21 heavy (non-hydrogen) atoms. The minimum absolute atomic E-state index is 0.0543. The van der Waals surface area contributed by atoms with Crippen molar-refractivity contribution < 1.29 is 9.59 Å². The van der Waals surface area contributed by atoms with E-state index in [9.17, 15) is 9.59 Å². The van der Waals surface area contributed by atoms with Crippen LogP contribution in [0.2, 0.25) is 0 Å². The Morgan fingerprint density at radius 3 is 2.95 bits per heavy atom. The number of aromatic amines is 1. The summed E-state index contributed by atoms with van der Waals surface area (Å²) in [6, 6.07) is 8.14. The molecule has 1 aromatic carbocycles. The number of benzene rings is 1. The summed E-state index contributed by atoms with van der Waals surface area (Å²) in [6.45, 7) is 0.571. The maximum absolute atomic E-state index is 12.3. The van der Waals surface area contributed by atoms with E-state index >= 15 is 0 Å². The van der Waals surface area contributed by atoms with Gasteiger partial charge in [0.25, 0.3) is 0 Å². The molecule has 2 N–H and O–H groups in total.